The van der Waals surface area contributed by atoms with Gasteiger partial charge in [-0.05, 0) is 36.4 Å². The largest absolute Gasteiger partial charge is 0.496 e. The molecule has 0 atom stereocenters. The molecule has 0 amide bonds. The van der Waals surface area contributed by atoms with E-state index in [1.807, 2.05) is 18.2 Å². The van der Waals surface area contributed by atoms with Crippen LogP contribution >= 0.6 is 11.8 Å². The van der Waals surface area contributed by atoms with Gasteiger partial charge in [0.05, 0.1) is 24.0 Å². The molecule has 4 rings (SSSR count). The van der Waals surface area contributed by atoms with Crippen molar-refractivity contribution in [3.05, 3.63) is 72.3 Å². The van der Waals surface area contributed by atoms with Gasteiger partial charge in [-0.3, -0.25) is 0 Å². The Hall–Kier alpha value is -2.37. The van der Waals surface area contributed by atoms with Crippen molar-refractivity contribution >= 4 is 28.6 Å². The predicted octanol–water partition coefficient (Wildman–Crippen LogP) is 5.04. The SMILES string of the molecule is COC(=O)c1cc([S+]2c3ccccc3Sc3ccccc32)ccc1OC. The number of hydrogen-bond donors (Lipinski definition) is 0. The van der Waals surface area contributed by atoms with Crippen molar-refractivity contribution in [2.75, 3.05) is 14.2 Å². The number of esters is 1. The Balaban J connectivity index is 1.92. The summed E-state index contributed by atoms with van der Waals surface area (Å²) in [5, 5.41) is 0. The van der Waals surface area contributed by atoms with Gasteiger partial charge in [0.15, 0.2) is 14.7 Å². The van der Waals surface area contributed by atoms with Crippen LogP contribution in [0.4, 0.5) is 0 Å². The highest BCUT2D eigenvalue weighted by Crippen LogP contribution is 2.48. The first-order valence-corrected chi connectivity index (χ1v) is 10.1. The van der Waals surface area contributed by atoms with Gasteiger partial charge in [0.1, 0.15) is 22.2 Å². The zero-order valence-corrected chi connectivity index (χ0v) is 16.0. The van der Waals surface area contributed by atoms with Gasteiger partial charge in [0.25, 0.3) is 0 Å². The molecule has 0 N–H and O–H groups in total. The van der Waals surface area contributed by atoms with Crippen LogP contribution in [-0.4, -0.2) is 20.2 Å². The van der Waals surface area contributed by atoms with Gasteiger partial charge in [0.2, 0.25) is 0 Å². The average Bonchev–Trinajstić information content (AvgIpc) is 2.70. The topological polar surface area (TPSA) is 35.5 Å². The molecule has 0 radical (unpaired) electrons. The maximum atomic E-state index is 12.2. The highest BCUT2D eigenvalue weighted by atomic mass is 32.2. The van der Waals surface area contributed by atoms with Crippen molar-refractivity contribution in [1.82, 2.24) is 0 Å². The van der Waals surface area contributed by atoms with Gasteiger partial charge >= 0.3 is 5.97 Å². The highest BCUT2D eigenvalue weighted by Gasteiger charge is 2.38. The first kappa shape index (κ1) is 17.1. The highest BCUT2D eigenvalue weighted by molar-refractivity contribution is 8.04. The van der Waals surface area contributed by atoms with E-state index in [4.69, 9.17) is 9.47 Å². The maximum absolute atomic E-state index is 12.2. The van der Waals surface area contributed by atoms with E-state index in [-0.39, 0.29) is 16.9 Å². The van der Waals surface area contributed by atoms with Gasteiger partial charge in [-0.15, -0.1) is 0 Å². The Bertz CT molecular complexity index is 939. The molecule has 26 heavy (non-hydrogen) atoms. The number of rotatable bonds is 3. The monoisotopic (exact) mass is 381 g/mol. The molecule has 3 aromatic carbocycles. The fourth-order valence-corrected chi connectivity index (χ4v) is 6.75. The molecule has 1 heterocycles. The van der Waals surface area contributed by atoms with E-state index >= 15 is 0 Å². The fraction of sp³-hybridized carbons (Fsp3) is 0.0952. The lowest BCUT2D eigenvalue weighted by molar-refractivity contribution is 0.0597. The summed E-state index contributed by atoms with van der Waals surface area (Å²) in [4.78, 5) is 18.4. The summed E-state index contributed by atoms with van der Waals surface area (Å²) in [6.07, 6.45) is 0. The molecule has 0 spiro atoms. The number of ether oxygens (including phenoxy) is 2. The summed E-state index contributed by atoms with van der Waals surface area (Å²) in [7, 11) is 2.67. The van der Waals surface area contributed by atoms with Crippen LogP contribution in [0.1, 0.15) is 10.4 Å². The molecule has 5 heteroatoms. The normalized spacial score (nSPS) is 12.8. The molecule has 0 aromatic heterocycles. The van der Waals surface area contributed by atoms with Crippen LogP contribution in [0.5, 0.6) is 5.75 Å². The fourth-order valence-electron chi connectivity index (χ4n) is 2.98. The summed E-state index contributed by atoms with van der Waals surface area (Å²) in [6.45, 7) is 0. The van der Waals surface area contributed by atoms with Gasteiger partial charge in [-0.2, -0.15) is 0 Å². The van der Waals surface area contributed by atoms with E-state index in [0.29, 0.717) is 11.3 Å². The Morgan fingerprint density at radius 1 is 0.885 bits per heavy atom. The molecular weight excluding hydrogens is 364 g/mol. The minimum absolute atomic E-state index is 0.281. The van der Waals surface area contributed by atoms with E-state index in [1.165, 1.54) is 26.7 Å². The van der Waals surface area contributed by atoms with Gasteiger partial charge < -0.3 is 9.47 Å². The summed E-state index contributed by atoms with van der Waals surface area (Å²) >= 11 is 1.79. The minimum Gasteiger partial charge on any atom is -0.496 e. The molecule has 0 saturated heterocycles. The van der Waals surface area contributed by atoms with Crippen LogP contribution in [-0.2, 0) is 15.6 Å². The van der Waals surface area contributed by atoms with Crippen LogP contribution in [0.15, 0.2) is 91.2 Å². The van der Waals surface area contributed by atoms with Crippen molar-refractivity contribution in [3.8, 4) is 5.75 Å². The molecule has 130 valence electrons. The van der Waals surface area contributed by atoms with E-state index in [0.717, 1.165) is 4.90 Å². The molecule has 1 aliphatic heterocycles. The second kappa shape index (κ2) is 7.09. The minimum atomic E-state index is -0.389. The molecule has 3 nitrogen and oxygen atoms in total. The van der Waals surface area contributed by atoms with Gasteiger partial charge in [-0.25, -0.2) is 4.79 Å². The smallest absolute Gasteiger partial charge is 0.341 e. The van der Waals surface area contributed by atoms with Crippen molar-refractivity contribution in [2.24, 2.45) is 0 Å². The third-order valence-electron chi connectivity index (χ3n) is 4.17. The number of methoxy groups -OCH3 is 2. The van der Waals surface area contributed by atoms with Crippen LogP contribution < -0.4 is 4.74 Å². The lowest BCUT2D eigenvalue weighted by Gasteiger charge is -2.19. The number of carbonyl (C=O) groups is 1. The molecule has 3 aromatic rings. The number of benzene rings is 3. The standard InChI is InChI=1S/C21H17O3S2/c1-23-16-12-11-14(13-15(16)21(22)24-2)26-19-9-5-3-7-17(19)25-18-8-4-6-10-20(18)26/h3-13H,1-2H3/q+1. The van der Waals surface area contributed by atoms with Gasteiger partial charge in [-0.1, -0.05) is 36.0 Å². The summed E-state index contributed by atoms with van der Waals surface area (Å²) < 4.78 is 10.3. The third kappa shape index (κ3) is 2.87. The maximum Gasteiger partial charge on any atom is 0.341 e. The third-order valence-corrected chi connectivity index (χ3v) is 7.90. The molecule has 0 unspecified atom stereocenters. The van der Waals surface area contributed by atoms with E-state index < -0.39 is 0 Å². The van der Waals surface area contributed by atoms with Crippen LogP contribution in [0.3, 0.4) is 0 Å². The van der Waals surface area contributed by atoms with Gasteiger partial charge in [0, 0.05) is 6.07 Å². The lowest BCUT2D eigenvalue weighted by Crippen LogP contribution is -2.12. The second-order valence-corrected chi connectivity index (χ2v) is 8.70. The number of carbonyl (C=O) groups excluding carboxylic acids is 1. The average molecular weight is 381 g/mol. The number of fused-ring (bicyclic) bond motifs is 2. The quantitative estimate of drug-likeness (QED) is 0.368. The molecular formula is C21H17O3S2+. The van der Waals surface area contributed by atoms with Crippen molar-refractivity contribution in [3.63, 3.8) is 0 Å². The Morgan fingerprint density at radius 3 is 2.08 bits per heavy atom. The van der Waals surface area contributed by atoms with Crippen molar-refractivity contribution < 1.29 is 14.3 Å². The summed E-state index contributed by atoms with van der Waals surface area (Å²) in [5.74, 6) is 0.136. The second-order valence-electron chi connectivity index (χ2n) is 5.66. The molecule has 0 aliphatic carbocycles. The first-order chi connectivity index (χ1) is 12.7. The van der Waals surface area contributed by atoms with E-state index in [2.05, 4.69) is 48.5 Å². The molecule has 0 bridgehead atoms. The van der Waals surface area contributed by atoms with Crippen LogP contribution in [0.2, 0.25) is 0 Å². The van der Waals surface area contributed by atoms with E-state index in [1.54, 1.807) is 18.9 Å². The van der Waals surface area contributed by atoms with Crippen molar-refractivity contribution in [1.29, 1.82) is 0 Å². The first-order valence-electron chi connectivity index (χ1n) is 8.09. The zero-order valence-electron chi connectivity index (χ0n) is 14.4. The van der Waals surface area contributed by atoms with Crippen LogP contribution in [0, 0.1) is 0 Å². The zero-order chi connectivity index (χ0) is 18.1. The summed E-state index contributed by atoms with van der Waals surface area (Å²) in [5.41, 5.74) is 0.452. The Labute approximate surface area is 159 Å². The lowest BCUT2D eigenvalue weighted by atomic mass is 10.2. The number of hydrogen-bond acceptors (Lipinski definition) is 4. The Kier molecular flexibility index (Phi) is 4.66. The molecule has 0 fully saturated rings. The Morgan fingerprint density at radius 2 is 1.50 bits per heavy atom. The summed E-state index contributed by atoms with van der Waals surface area (Å²) in [6, 6.07) is 22.7. The molecule has 1 aliphatic rings. The predicted molar refractivity (Wildman–Crippen MR) is 104 cm³/mol. The van der Waals surface area contributed by atoms with Crippen LogP contribution in [0.25, 0.3) is 0 Å². The van der Waals surface area contributed by atoms with E-state index in [9.17, 15) is 4.79 Å². The van der Waals surface area contributed by atoms with Crippen molar-refractivity contribution in [2.45, 2.75) is 24.5 Å². The molecule has 0 saturated carbocycles.